The van der Waals surface area contributed by atoms with Crippen LogP contribution in [0.2, 0.25) is 0 Å². The summed E-state index contributed by atoms with van der Waals surface area (Å²) in [6.45, 7) is 2.51. The molecule has 3 heteroatoms. The van der Waals surface area contributed by atoms with Crippen LogP contribution in [0, 0.1) is 0 Å². The third kappa shape index (κ3) is 1.84. The molecule has 3 nitrogen and oxygen atoms in total. The average molecular weight is 206 g/mol. The smallest absolute Gasteiger partial charge is 0.252 e. The molecule has 0 radical (unpaired) electrons. The zero-order chi connectivity index (χ0) is 10.8. The first-order chi connectivity index (χ1) is 7.26. The molecule has 0 saturated carbocycles. The van der Waals surface area contributed by atoms with E-state index in [2.05, 4.69) is 11.9 Å². The van der Waals surface area contributed by atoms with Crippen LogP contribution < -0.4 is 11.3 Å². The molecule has 3 N–H and O–H groups in total. The number of rotatable bonds is 2. The lowest BCUT2D eigenvalue weighted by Crippen LogP contribution is -2.23. The second kappa shape index (κ2) is 4.19. The van der Waals surface area contributed by atoms with Crippen molar-refractivity contribution < 1.29 is 0 Å². The van der Waals surface area contributed by atoms with Gasteiger partial charge in [0.05, 0.1) is 0 Å². The van der Waals surface area contributed by atoms with Crippen LogP contribution in [0.15, 0.2) is 10.9 Å². The van der Waals surface area contributed by atoms with Gasteiger partial charge in [-0.3, -0.25) is 4.79 Å². The Morgan fingerprint density at radius 1 is 1.60 bits per heavy atom. The third-order valence-corrected chi connectivity index (χ3v) is 3.35. The Morgan fingerprint density at radius 2 is 2.40 bits per heavy atom. The van der Waals surface area contributed by atoms with Gasteiger partial charge in [0.15, 0.2) is 0 Å². The molecule has 0 spiro atoms. The first-order valence-electron chi connectivity index (χ1n) is 5.71. The van der Waals surface area contributed by atoms with Crippen LogP contribution >= 0.6 is 0 Å². The third-order valence-electron chi connectivity index (χ3n) is 3.35. The summed E-state index contributed by atoms with van der Waals surface area (Å²) in [4.78, 5) is 14.7. The van der Waals surface area contributed by atoms with E-state index >= 15 is 0 Å². The van der Waals surface area contributed by atoms with E-state index in [9.17, 15) is 4.79 Å². The fourth-order valence-corrected chi connectivity index (χ4v) is 2.45. The Balaban J connectivity index is 2.49. The summed E-state index contributed by atoms with van der Waals surface area (Å²) in [5.41, 5.74) is 8.70. The monoisotopic (exact) mass is 206 g/mol. The highest BCUT2D eigenvalue weighted by Gasteiger charge is 2.20. The van der Waals surface area contributed by atoms with Gasteiger partial charge < -0.3 is 10.7 Å². The van der Waals surface area contributed by atoms with Crippen LogP contribution in [-0.2, 0) is 13.0 Å². The number of pyridine rings is 1. The van der Waals surface area contributed by atoms with Gasteiger partial charge in [0, 0.05) is 17.8 Å². The maximum absolute atomic E-state index is 11.6. The van der Waals surface area contributed by atoms with Gasteiger partial charge in [-0.05, 0) is 43.2 Å². The number of aryl methyl sites for hydroxylation is 1. The molecular formula is C12H18N2O. The topological polar surface area (TPSA) is 58.9 Å². The van der Waals surface area contributed by atoms with E-state index < -0.39 is 0 Å². The van der Waals surface area contributed by atoms with E-state index in [1.807, 2.05) is 6.07 Å². The van der Waals surface area contributed by atoms with E-state index in [4.69, 9.17) is 5.73 Å². The van der Waals surface area contributed by atoms with E-state index in [0.717, 1.165) is 18.5 Å². The molecule has 0 fully saturated rings. The first kappa shape index (κ1) is 10.4. The Kier molecular flexibility index (Phi) is 2.91. The van der Waals surface area contributed by atoms with Gasteiger partial charge in [0.2, 0.25) is 0 Å². The van der Waals surface area contributed by atoms with Gasteiger partial charge in [0.25, 0.3) is 5.56 Å². The number of H-pyrrole nitrogens is 1. The van der Waals surface area contributed by atoms with Crippen LogP contribution in [0.3, 0.4) is 0 Å². The summed E-state index contributed by atoms with van der Waals surface area (Å²) in [5.74, 6) is 0.535. The molecule has 15 heavy (non-hydrogen) atoms. The molecule has 1 atom stereocenters. The van der Waals surface area contributed by atoms with Crippen molar-refractivity contribution in [2.45, 2.75) is 45.1 Å². The lowest BCUT2D eigenvalue weighted by molar-refractivity contribution is 0.522. The Hall–Kier alpha value is -1.09. The van der Waals surface area contributed by atoms with Gasteiger partial charge >= 0.3 is 0 Å². The molecule has 2 rings (SSSR count). The van der Waals surface area contributed by atoms with Crippen molar-refractivity contribution in [2.75, 3.05) is 0 Å². The van der Waals surface area contributed by atoms with E-state index in [-0.39, 0.29) is 5.56 Å². The lowest BCUT2D eigenvalue weighted by Gasteiger charge is -2.24. The molecule has 0 amide bonds. The Bertz CT molecular complexity index is 409. The minimum Gasteiger partial charge on any atom is -0.326 e. The second-order valence-corrected chi connectivity index (χ2v) is 4.26. The van der Waals surface area contributed by atoms with E-state index in [1.165, 1.54) is 18.4 Å². The first-order valence-corrected chi connectivity index (χ1v) is 5.71. The predicted octanol–water partition coefficient (Wildman–Crippen LogP) is 1.66. The number of nitrogens with two attached hydrogens (primary N) is 1. The largest absolute Gasteiger partial charge is 0.326 e. The molecule has 1 heterocycles. The second-order valence-electron chi connectivity index (χ2n) is 4.26. The van der Waals surface area contributed by atoms with Crippen molar-refractivity contribution in [3.05, 3.63) is 33.2 Å². The van der Waals surface area contributed by atoms with Gasteiger partial charge in [-0.15, -0.1) is 0 Å². The van der Waals surface area contributed by atoms with Gasteiger partial charge in [0.1, 0.15) is 0 Å². The number of hydrogen-bond donors (Lipinski definition) is 2. The molecule has 1 aromatic rings. The zero-order valence-corrected chi connectivity index (χ0v) is 9.18. The number of nitrogens with one attached hydrogen (secondary N) is 1. The highest BCUT2D eigenvalue weighted by molar-refractivity contribution is 5.30. The lowest BCUT2D eigenvalue weighted by atomic mass is 9.84. The molecule has 0 aromatic carbocycles. The minimum absolute atomic E-state index is 0.00315. The Labute approximate surface area is 89.7 Å². The summed E-state index contributed by atoms with van der Waals surface area (Å²) in [6, 6.07) is 2.00. The van der Waals surface area contributed by atoms with Crippen molar-refractivity contribution in [2.24, 2.45) is 5.73 Å². The zero-order valence-electron chi connectivity index (χ0n) is 9.18. The van der Waals surface area contributed by atoms with Crippen molar-refractivity contribution >= 4 is 0 Å². The van der Waals surface area contributed by atoms with E-state index in [0.29, 0.717) is 18.0 Å². The quantitative estimate of drug-likeness (QED) is 0.773. The summed E-state index contributed by atoms with van der Waals surface area (Å²) < 4.78 is 0. The summed E-state index contributed by atoms with van der Waals surface area (Å²) in [7, 11) is 0. The van der Waals surface area contributed by atoms with Crippen LogP contribution in [0.4, 0.5) is 0 Å². The normalized spacial score (nSPS) is 20.0. The van der Waals surface area contributed by atoms with Crippen molar-refractivity contribution in [3.8, 4) is 0 Å². The SMILES string of the molecule is CCC1CCCc2cc(CN)c(=O)[nH]c21. The highest BCUT2D eigenvalue weighted by atomic mass is 16.1. The summed E-state index contributed by atoms with van der Waals surface area (Å²) in [5, 5.41) is 0. The molecular weight excluding hydrogens is 188 g/mol. The fraction of sp³-hybridized carbons (Fsp3) is 0.583. The van der Waals surface area contributed by atoms with Crippen LogP contribution in [0.1, 0.15) is 48.9 Å². The molecule has 82 valence electrons. The number of fused-ring (bicyclic) bond motifs is 1. The van der Waals surface area contributed by atoms with Crippen molar-refractivity contribution in [3.63, 3.8) is 0 Å². The highest BCUT2D eigenvalue weighted by Crippen LogP contribution is 2.31. The summed E-state index contributed by atoms with van der Waals surface area (Å²) >= 11 is 0. The molecule has 1 aliphatic rings. The number of hydrogen-bond acceptors (Lipinski definition) is 2. The minimum atomic E-state index is -0.00315. The van der Waals surface area contributed by atoms with Crippen LogP contribution in [0.25, 0.3) is 0 Å². The molecule has 0 aliphatic heterocycles. The number of aromatic amines is 1. The molecule has 0 saturated heterocycles. The average Bonchev–Trinajstić information content (AvgIpc) is 2.27. The Morgan fingerprint density at radius 3 is 3.07 bits per heavy atom. The maximum Gasteiger partial charge on any atom is 0.252 e. The number of aromatic nitrogens is 1. The summed E-state index contributed by atoms with van der Waals surface area (Å²) in [6.07, 6.45) is 4.60. The van der Waals surface area contributed by atoms with E-state index in [1.54, 1.807) is 0 Å². The van der Waals surface area contributed by atoms with Gasteiger partial charge in [-0.2, -0.15) is 0 Å². The standard InChI is InChI=1S/C12H18N2O/c1-2-8-4-3-5-9-6-10(7-13)12(15)14-11(8)9/h6,8H,2-5,7,13H2,1H3,(H,14,15). The molecule has 1 aromatic heterocycles. The molecule has 1 unspecified atom stereocenters. The van der Waals surface area contributed by atoms with Crippen LogP contribution in [0.5, 0.6) is 0 Å². The van der Waals surface area contributed by atoms with Gasteiger partial charge in [-0.25, -0.2) is 0 Å². The van der Waals surface area contributed by atoms with Gasteiger partial charge in [-0.1, -0.05) is 6.92 Å². The molecule has 1 aliphatic carbocycles. The van der Waals surface area contributed by atoms with Crippen LogP contribution in [-0.4, -0.2) is 4.98 Å². The maximum atomic E-state index is 11.6. The van der Waals surface area contributed by atoms with Crippen molar-refractivity contribution in [1.82, 2.24) is 4.98 Å². The fourth-order valence-electron chi connectivity index (χ4n) is 2.45. The van der Waals surface area contributed by atoms with Crippen molar-refractivity contribution in [1.29, 1.82) is 0 Å². The predicted molar refractivity (Wildman–Crippen MR) is 60.9 cm³/mol. The molecule has 0 bridgehead atoms.